The van der Waals surface area contributed by atoms with Gasteiger partial charge in [0.25, 0.3) is 11.7 Å². The molecular formula is C24H27NO5. The molecule has 1 amide bonds. The van der Waals surface area contributed by atoms with Crippen LogP contribution in [-0.2, 0) is 14.3 Å². The summed E-state index contributed by atoms with van der Waals surface area (Å²) in [5.74, 6) is -0.732. The zero-order valence-electron chi connectivity index (χ0n) is 17.3. The Balaban J connectivity index is 2.03. The first kappa shape index (κ1) is 21.6. The quantitative estimate of drug-likeness (QED) is 0.294. The minimum atomic E-state index is -0.676. The number of hydrogen-bond donors (Lipinski definition) is 1. The molecule has 0 bridgehead atoms. The van der Waals surface area contributed by atoms with Crippen LogP contribution in [0.3, 0.4) is 0 Å². The molecule has 0 spiro atoms. The summed E-state index contributed by atoms with van der Waals surface area (Å²) in [5.41, 5.74) is 1.35. The molecule has 0 saturated carbocycles. The molecule has 1 saturated heterocycles. The van der Waals surface area contributed by atoms with Gasteiger partial charge in [0.2, 0.25) is 0 Å². The molecule has 1 fully saturated rings. The van der Waals surface area contributed by atoms with Crippen LogP contribution in [0, 0.1) is 0 Å². The van der Waals surface area contributed by atoms with Crippen molar-refractivity contribution in [1.29, 1.82) is 0 Å². The van der Waals surface area contributed by atoms with Crippen molar-refractivity contribution in [3.63, 3.8) is 0 Å². The summed E-state index contributed by atoms with van der Waals surface area (Å²) in [7, 11) is 1.59. The summed E-state index contributed by atoms with van der Waals surface area (Å²) in [6, 6.07) is 15.5. The summed E-state index contributed by atoms with van der Waals surface area (Å²) in [5, 5.41) is 10.9. The van der Waals surface area contributed by atoms with Gasteiger partial charge in [-0.2, -0.15) is 0 Å². The van der Waals surface area contributed by atoms with Crippen LogP contribution in [0.1, 0.15) is 36.9 Å². The zero-order valence-corrected chi connectivity index (χ0v) is 17.3. The van der Waals surface area contributed by atoms with Crippen molar-refractivity contribution in [3.8, 4) is 5.75 Å². The number of carbonyl (C=O) groups excluding carboxylic acids is 2. The largest absolute Gasteiger partial charge is 0.507 e. The van der Waals surface area contributed by atoms with E-state index in [1.54, 1.807) is 31.4 Å². The second-order valence-electron chi connectivity index (χ2n) is 7.12. The molecule has 0 aliphatic carbocycles. The topological polar surface area (TPSA) is 76.1 Å². The highest BCUT2D eigenvalue weighted by molar-refractivity contribution is 6.46. The van der Waals surface area contributed by atoms with E-state index < -0.39 is 17.7 Å². The standard InChI is InChI=1S/C24H27NO5/c1-3-15-30-19-12-10-17(11-13-19)21-20(22(26)18-8-5-4-6-9-18)23(27)24(28)25(21)14-7-16-29-2/h4-6,8-13,21,26H,3,7,14-16H2,1-2H3/b22-20-. The van der Waals surface area contributed by atoms with Gasteiger partial charge in [-0.05, 0) is 30.5 Å². The highest BCUT2D eigenvalue weighted by atomic mass is 16.5. The number of aliphatic hydroxyl groups excluding tert-OH is 1. The van der Waals surface area contributed by atoms with E-state index in [1.807, 2.05) is 37.3 Å². The fourth-order valence-corrected chi connectivity index (χ4v) is 3.55. The summed E-state index contributed by atoms with van der Waals surface area (Å²) < 4.78 is 10.7. The van der Waals surface area contributed by atoms with E-state index in [-0.39, 0.29) is 11.3 Å². The molecule has 6 nitrogen and oxygen atoms in total. The number of methoxy groups -OCH3 is 1. The maximum absolute atomic E-state index is 12.9. The third-order valence-corrected chi connectivity index (χ3v) is 5.00. The van der Waals surface area contributed by atoms with Crippen molar-refractivity contribution in [1.82, 2.24) is 4.90 Å². The smallest absolute Gasteiger partial charge is 0.295 e. The van der Waals surface area contributed by atoms with Crippen LogP contribution >= 0.6 is 0 Å². The Labute approximate surface area is 176 Å². The van der Waals surface area contributed by atoms with Crippen molar-refractivity contribution in [2.75, 3.05) is 26.9 Å². The Morgan fingerprint density at radius 2 is 1.73 bits per heavy atom. The Bertz CT molecular complexity index is 905. The number of carbonyl (C=O) groups is 2. The number of aliphatic hydroxyl groups is 1. The number of nitrogens with zero attached hydrogens (tertiary/aromatic N) is 1. The number of likely N-dealkylation sites (tertiary alicyclic amines) is 1. The molecule has 1 aliphatic rings. The molecule has 1 heterocycles. The highest BCUT2D eigenvalue weighted by Crippen LogP contribution is 2.39. The average Bonchev–Trinajstić information content (AvgIpc) is 3.03. The van der Waals surface area contributed by atoms with Crippen molar-refractivity contribution in [2.45, 2.75) is 25.8 Å². The van der Waals surface area contributed by atoms with Crippen molar-refractivity contribution < 1.29 is 24.2 Å². The van der Waals surface area contributed by atoms with E-state index in [0.29, 0.717) is 31.7 Å². The van der Waals surface area contributed by atoms with Crippen molar-refractivity contribution >= 4 is 17.4 Å². The molecule has 1 unspecified atom stereocenters. The van der Waals surface area contributed by atoms with E-state index in [2.05, 4.69) is 0 Å². The van der Waals surface area contributed by atoms with Crippen molar-refractivity contribution in [2.24, 2.45) is 0 Å². The predicted octanol–water partition coefficient (Wildman–Crippen LogP) is 3.93. The highest BCUT2D eigenvalue weighted by Gasteiger charge is 2.45. The van der Waals surface area contributed by atoms with Crippen LogP contribution in [0.5, 0.6) is 5.75 Å². The zero-order chi connectivity index (χ0) is 21.5. The molecule has 2 aromatic carbocycles. The normalized spacial score (nSPS) is 18.1. The van der Waals surface area contributed by atoms with E-state index in [9.17, 15) is 14.7 Å². The first-order valence-electron chi connectivity index (χ1n) is 10.1. The van der Waals surface area contributed by atoms with Gasteiger partial charge in [0.1, 0.15) is 11.5 Å². The average molecular weight is 409 g/mol. The molecule has 0 aromatic heterocycles. The van der Waals surface area contributed by atoms with E-state index in [1.165, 1.54) is 4.90 Å². The van der Waals surface area contributed by atoms with Gasteiger partial charge < -0.3 is 19.5 Å². The Morgan fingerprint density at radius 3 is 2.37 bits per heavy atom. The first-order chi connectivity index (χ1) is 14.6. The molecule has 1 aliphatic heterocycles. The molecule has 158 valence electrons. The van der Waals surface area contributed by atoms with Crippen LogP contribution < -0.4 is 4.74 Å². The lowest BCUT2D eigenvalue weighted by molar-refractivity contribution is -0.140. The predicted molar refractivity (Wildman–Crippen MR) is 114 cm³/mol. The third-order valence-electron chi connectivity index (χ3n) is 5.00. The van der Waals surface area contributed by atoms with Crippen molar-refractivity contribution in [3.05, 3.63) is 71.3 Å². The van der Waals surface area contributed by atoms with E-state index in [4.69, 9.17) is 9.47 Å². The number of ketones is 1. The lowest BCUT2D eigenvalue weighted by Gasteiger charge is -2.25. The van der Waals surface area contributed by atoms with Gasteiger partial charge in [0.15, 0.2) is 0 Å². The van der Waals surface area contributed by atoms with Crippen LogP contribution in [0.4, 0.5) is 0 Å². The second-order valence-corrected chi connectivity index (χ2v) is 7.12. The maximum Gasteiger partial charge on any atom is 0.295 e. The minimum absolute atomic E-state index is 0.103. The lowest BCUT2D eigenvalue weighted by atomic mass is 9.95. The van der Waals surface area contributed by atoms with Crippen LogP contribution in [0.25, 0.3) is 5.76 Å². The summed E-state index contributed by atoms with van der Waals surface area (Å²) in [6.45, 7) is 3.47. The molecule has 2 aromatic rings. The van der Waals surface area contributed by atoms with E-state index in [0.717, 1.165) is 17.7 Å². The summed E-state index contributed by atoms with van der Waals surface area (Å²) >= 11 is 0. The number of ether oxygens (including phenoxy) is 2. The number of rotatable bonds is 9. The van der Waals surface area contributed by atoms with Gasteiger partial charge in [-0.15, -0.1) is 0 Å². The van der Waals surface area contributed by atoms with Gasteiger partial charge in [0.05, 0.1) is 18.2 Å². The number of amides is 1. The van der Waals surface area contributed by atoms with E-state index >= 15 is 0 Å². The van der Waals surface area contributed by atoms with Gasteiger partial charge in [-0.1, -0.05) is 49.4 Å². The molecule has 1 atom stereocenters. The Hall–Kier alpha value is -3.12. The first-order valence-corrected chi connectivity index (χ1v) is 10.1. The molecule has 0 radical (unpaired) electrons. The molecule has 30 heavy (non-hydrogen) atoms. The van der Waals surface area contributed by atoms with Gasteiger partial charge in [0, 0.05) is 25.8 Å². The van der Waals surface area contributed by atoms with Gasteiger partial charge in [-0.3, -0.25) is 9.59 Å². The Kier molecular flexibility index (Phi) is 7.25. The van der Waals surface area contributed by atoms with Crippen LogP contribution in [0.15, 0.2) is 60.2 Å². The second kappa shape index (κ2) is 10.1. The number of hydrogen-bond acceptors (Lipinski definition) is 5. The molecule has 6 heteroatoms. The number of Topliss-reactive ketones (excluding diaryl/α,β-unsaturated/α-hetero) is 1. The monoisotopic (exact) mass is 409 g/mol. The number of benzene rings is 2. The SMILES string of the molecule is CCCOc1ccc(C2/C(=C(/O)c3ccccc3)C(=O)C(=O)N2CCCOC)cc1. The minimum Gasteiger partial charge on any atom is -0.507 e. The molecule has 3 rings (SSSR count). The van der Waals surface area contributed by atoms with Crippen LogP contribution in [0.2, 0.25) is 0 Å². The molecule has 1 N–H and O–H groups in total. The lowest BCUT2D eigenvalue weighted by Crippen LogP contribution is -2.31. The van der Waals surface area contributed by atoms with Gasteiger partial charge in [-0.25, -0.2) is 0 Å². The molecular weight excluding hydrogens is 382 g/mol. The Morgan fingerprint density at radius 1 is 1.03 bits per heavy atom. The third kappa shape index (κ3) is 4.54. The fraction of sp³-hybridized carbons (Fsp3) is 0.333. The summed E-state index contributed by atoms with van der Waals surface area (Å²) in [4.78, 5) is 27.2. The fourth-order valence-electron chi connectivity index (χ4n) is 3.55. The van der Waals surface area contributed by atoms with Crippen LogP contribution in [-0.4, -0.2) is 48.6 Å². The maximum atomic E-state index is 12.9. The van der Waals surface area contributed by atoms with Gasteiger partial charge >= 0.3 is 0 Å². The summed E-state index contributed by atoms with van der Waals surface area (Å²) in [6.07, 6.45) is 1.49.